The Morgan fingerprint density at radius 1 is 1.40 bits per heavy atom. The number of aromatic nitrogens is 1. The Hall–Kier alpha value is -1.42. The van der Waals surface area contributed by atoms with Gasteiger partial charge in [0.15, 0.2) is 0 Å². The molecule has 0 atom stereocenters. The largest absolute Gasteiger partial charge is 0.384 e. The van der Waals surface area contributed by atoms with E-state index in [0.29, 0.717) is 0 Å². The molecule has 1 aromatic carbocycles. The molecule has 4 heteroatoms. The minimum Gasteiger partial charge on any atom is -0.384 e. The van der Waals surface area contributed by atoms with Crippen LogP contribution in [0.2, 0.25) is 0 Å². The van der Waals surface area contributed by atoms with Gasteiger partial charge in [-0.2, -0.15) is 0 Å². The smallest absolute Gasteiger partial charge is 0.123 e. The maximum absolute atomic E-state index is 7.52. The number of fused-ring (bicyclic) bond motifs is 1. The lowest BCUT2D eigenvalue weighted by atomic mass is 10.1. The van der Waals surface area contributed by atoms with Gasteiger partial charge in [0.05, 0.1) is 5.52 Å². The van der Waals surface area contributed by atoms with Gasteiger partial charge in [-0.25, -0.2) is 0 Å². The average molecular weight is 264 g/mol. The van der Waals surface area contributed by atoms with Gasteiger partial charge < -0.3 is 5.73 Å². The van der Waals surface area contributed by atoms with Crippen molar-refractivity contribution in [3.63, 3.8) is 0 Å². The maximum atomic E-state index is 7.52. The fourth-order valence-electron chi connectivity index (χ4n) is 1.55. The van der Waals surface area contributed by atoms with Crippen LogP contribution < -0.4 is 5.73 Å². The van der Waals surface area contributed by atoms with Crippen LogP contribution in [0.4, 0.5) is 0 Å². The fourth-order valence-corrected chi connectivity index (χ4v) is 1.91. The molecule has 3 nitrogen and oxygen atoms in total. The molecule has 3 N–H and O–H groups in total. The second kappa shape index (κ2) is 3.62. The molecule has 2 aromatic rings. The highest BCUT2D eigenvalue weighted by molar-refractivity contribution is 9.10. The molecule has 15 heavy (non-hydrogen) atoms. The van der Waals surface area contributed by atoms with Crippen LogP contribution in [0.5, 0.6) is 0 Å². The van der Waals surface area contributed by atoms with E-state index in [1.54, 1.807) is 0 Å². The number of nitrogens with one attached hydrogen (secondary N) is 1. The molecule has 0 saturated carbocycles. The number of aryl methyl sites for hydroxylation is 1. The summed E-state index contributed by atoms with van der Waals surface area (Å²) < 4.78 is 0.961. The number of rotatable bonds is 1. The van der Waals surface area contributed by atoms with Crippen molar-refractivity contribution in [2.24, 2.45) is 5.73 Å². The van der Waals surface area contributed by atoms with Gasteiger partial charge in [-0.3, -0.25) is 10.4 Å². The summed E-state index contributed by atoms with van der Waals surface area (Å²) in [7, 11) is 0. The Kier molecular flexibility index (Phi) is 2.44. The Bertz CT molecular complexity index is 549. The van der Waals surface area contributed by atoms with Crippen molar-refractivity contribution in [1.82, 2.24) is 4.98 Å². The van der Waals surface area contributed by atoms with Crippen LogP contribution in [0.15, 0.2) is 28.7 Å². The van der Waals surface area contributed by atoms with Gasteiger partial charge in [-0.15, -0.1) is 0 Å². The minimum absolute atomic E-state index is 0.0728. The molecule has 0 radical (unpaired) electrons. The standard InChI is InChI=1S/C11H10BrN3/c1-6-4-9(11(13)14)8-5-7(12)2-3-10(8)15-6/h2-5H,1H3,(H3,13,14). The van der Waals surface area contributed by atoms with Crippen LogP contribution in [0, 0.1) is 12.3 Å². The van der Waals surface area contributed by atoms with E-state index < -0.39 is 0 Å². The van der Waals surface area contributed by atoms with E-state index in [9.17, 15) is 0 Å². The molecule has 0 fully saturated rings. The van der Waals surface area contributed by atoms with Crippen LogP contribution >= 0.6 is 15.9 Å². The summed E-state index contributed by atoms with van der Waals surface area (Å²) >= 11 is 3.40. The summed E-state index contributed by atoms with van der Waals surface area (Å²) in [6.07, 6.45) is 0. The number of amidine groups is 1. The first-order chi connectivity index (χ1) is 7.08. The van der Waals surface area contributed by atoms with Crippen molar-refractivity contribution in [1.29, 1.82) is 5.41 Å². The van der Waals surface area contributed by atoms with Gasteiger partial charge in [-0.1, -0.05) is 15.9 Å². The lowest BCUT2D eigenvalue weighted by Gasteiger charge is -2.06. The van der Waals surface area contributed by atoms with Crippen molar-refractivity contribution in [3.8, 4) is 0 Å². The van der Waals surface area contributed by atoms with Gasteiger partial charge in [-0.05, 0) is 31.2 Å². The summed E-state index contributed by atoms with van der Waals surface area (Å²) in [5, 5.41) is 8.42. The molecule has 0 aliphatic heterocycles. The number of benzene rings is 1. The molecule has 2 rings (SSSR count). The molecule has 1 heterocycles. The van der Waals surface area contributed by atoms with E-state index in [4.69, 9.17) is 11.1 Å². The summed E-state index contributed by atoms with van der Waals surface area (Å²) in [5.74, 6) is 0.0728. The van der Waals surface area contributed by atoms with E-state index in [0.717, 1.165) is 26.6 Å². The zero-order chi connectivity index (χ0) is 11.0. The number of hydrogen-bond donors (Lipinski definition) is 2. The number of nitrogens with two attached hydrogens (primary N) is 1. The van der Waals surface area contributed by atoms with Crippen molar-refractivity contribution in [2.45, 2.75) is 6.92 Å². The summed E-state index contributed by atoms with van der Waals surface area (Å²) in [6, 6.07) is 7.60. The highest BCUT2D eigenvalue weighted by Crippen LogP contribution is 2.22. The third kappa shape index (κ3) is 1.85. The normalized spacial score (nSPS) is 10.5. The lowest BCUT2D eigenvalue weighted by Crippen LogP contribution is -2.12. The molecule has 0 amide bonds. The molecule has 76 valence electrons. The number of pyridine rings is 1. The lowest BCUT2D eigenvalue weighted by molar-refractivity contribution is 1.24. The van der Waals surface area contributed by atoms with Crippen molar-refractivity contribution in [3.05, 3.63) is 40.0 Å². The Morgan fingerprint density at radius 3 is 2.80 bits per heavy atom. The molecular formula is C11H10BrN3. The highest BCUT2D eigenvalue weighted by atomic mass is 79.9. The quantitative estimate of drug-likeness (QED) is 0.614. The Morgan fingerprint density at radius 2 is 2.13 bits per heavy atom. The molecular weight excluding hydrogens is 254 g/mol. The first-order valence-electron chi connectivity index (χ1n) is 4.49. The van der Waals surface area contributed by atoms with Gasteiger partial charge in [0, 0.05) is 21.1 Å². The first-order valence-corrected chi connectivity index (χ1v) is 5.28. The third-order valence-corrected chi connectivity index (χ3v) is 2.68. The highest BCUT2D eigenvalue weighted by Gasteiger charge is 2.06. The number of nitrogen functional groups attached to an aromatic ring is 1. The zero-order valence-electron chi connectivity index (χ0n) is 8.21. The molecule has 0 aliphatic carbocycles. The van der Waals surface area contributed by atoms with Gasteiger partial charge in [0.25, 0.3) is 0 Å². The average Bonchev–Trinajstić information content (AvgIpc) is 2.17. The number of halogens is 1. The van der Waals surface area contributed by atoms with Crippen LogP contribution in [0.1, 0.15) is 11.3 Å². The molecule has 0 spiro atoms. The van der Waals surface area contributed by atoms with Crippen molar-refractivity contribution >= 4 is 32.7 Å². The van der Waals surface area contributed by atoms with E-state index in [2.05, 4.69) is 20.9 Å². The molecule has 0 aliphatic rings. The fraction of sp³-hybridized carbons (Fsp3) is 0.0909. The Labute approximate surface area is 96.0 Å². The molecule has 0 unspecified atom stereocenters. The van der Waals surface area contributed by atoms with E-state index in [1.807, 2.05) is 31.2 Å². The number of hydrogen-bond acceptors (Lipinski definition) is 2. The van der Waals surface area contributed by atoms with Crippen LogP contribution in [0.25, 0.3) is 10.9 Å². The summed E-state index contributed by atoms with van der Waals surface area (Å²) in [5.41, 5.74) is 8.01. The van der Waals surface area contributed by atoms with Crippen LogP contribution in [0.3, 0.4) is 0 Å². The second-order valence-corrected chi connectivity index (χ2v) is 4.30. The van der Waals surface area contributed by atoms with Crippen LogP contribution in [-0.4, -0.2) is 10.8 Å². The van der Waals surface area contributed by atoms with E-state index >= 15 is 0 Å². The van der Waals surface area contributed by atoms with E-state index in [1.165, 1.54) is 0 Å². The second-order valence-electron chi connectivity index (χ2n) is 3.39. The SMILES string of the molecule is Cc1cc(C(=N)N)c2cc(Br)ccc2n1. The van der Waals surface area contributed by atoms with Gasteiger partial charge >= 0.3 is 0 Å². The third-order valence-electron chi connectivity index (χ3n) is 2.19. The molecule has 0 bridgehead atoms. The maximum Gasteiger partial charge on any atom is 0.123 e. The van der Waals surface area contributed by atoms with Gasteiger partial charge in [0.1, 0.15) is 5.84 Å². The predicted molar refractivity (Wildman–Crippen MR) is 65.2 cm³/mol. The van der Waals surface area contributed by atoms with Crippen molar-refractivity contribution < 1.29 is 0 Å². The number of nitrogens with zero attached hydrogens (tertiary/aromatic N) is 1. The Balaban J connectivity index is 2.87. The van der Waals surface area contributed by atoms with Crippen LogP contribution in [-0.2, 0) is 0 Å². The minimum atomic E-state index is 0.0728. The monoisotopic (exact) mass is 263 g/mol. The van der Waals surface area contributed by atoms with Crippen molar-refractivity contribution in [2.75, 3.05) is 0 Å². The molecule has 1 aromatic heterocycles. The summed E-state index contributed by atoms with van der Waals surface area (Å²) in [4.78, 5) is 4.39. The topological polar surface area (TPSA) is 62.8 Å². The van der Waals surface area contributed by atoms with Gasteiger partial charge in [0.2, 0.25) is 0 Å². The van der Waals surface area contributed by atoms with E-state index in [-0.39, 0.29) is 5.84 Å². The predicted octanol–water partition coefficient (Wildman–Crippen LogP) is 2.59. The zero-order valence-corrected chi connectivity index (χ0v) is 9.80. The summed E-state index contributed by atoms with van der Waals surface area (Å²) in [6.45, 7) is 1.90. The first kappa shape index (κ1) is 10.1. The molecule has 0 saturated heterocycles.